The van der Waals surface area contributed by atoms with Crippen molar-refractivity contribution in [2.75, 3.05) is 5.32 Å². The number of benzene rings is 2. The lowest BCUT2D eigenvalue weighted by molar-refractivity contribution is 0.0706. The first kappa shape index (κ1) is 21.7. The van der Waals surface area contributed by atoms with Gasteiger partial charge in [0.2, 0.25) is 0 Å². The molecule has 33 heavy (non-hydrogen) atoms. The number of aromatic nitrogens is 2. The molecule has 2 aromatic heterocycles. The fourth-order valence-electron chi connectivity index (χ4n) is 3.17. The Bertz CT molecular complexity index is 1250. The van der Waals surface area contributed by atoms with Crippen molar-refractivity contribution in [2.24, 2.45) is 0 Å². The van der Waals surface area contributed by atoms with Gasteiger partial charge < -0.3 is 4.74 Å². The maximum Gasteiger partial charge on any atom is 0.413 e. The van der Waals surface area contributed by atoms with Gasteiger partial charge >= 0.3 is 6.09 Å². The van der Waals surface area contributed by atoms with Gasteiger partial charge in [0.05, 0.1) is 5.69 Å². The van der Waals surface area contributed by atoms with Gasteiger partial charge in [0.25, 0.3) is 5.91 Å². The van der Waals surface area contributed by atoms with E-state index in [4.69, 9.17) is 9.94 Å². The van der Waals surface area contributed by atoms with Crippen LogP contribution in [0.5, 0.6) is 0 Å². The summed E-state index contributed by atoms with van der Waals surface area (Å²) in [5.41, 5.74) is 5.65. The molecule has 4 aromatic rings. The maximum absolute atomic E-state index is 12.3. The van der Waals surface area contributed by atoms with Gasteiger partial charge in [-0.05, 0) is 34.9 Å². The second kappa shape index (κ2) is 10.2. The number of anilines is 1. The van der Waals surface area contributed by atoms with E-state index >= 15 is 0 Å². The number of carbonyl (C=O) groups is 2. The Morgan fingerprint density at radius 3 is 2.33 bits per heavy atom. The van der Waals surface area contributed by atoms with Gasteiger partial charge in [-0.1, -0.05) is 60.7 Å². The van der Waals surface area contributed by atoms with Crippen LogP contribution in [0, 0.1) is 0 Å². The van der Waals surface area contributed by atoms with E-state index in [1.165, 1.54) is 12.1 Å². The number of hydrogen-bond donors (Lipinski definition) is 3. The van der Waals surface area contributed by atoms with E-state index in [0.717, 1.165) is 22.3 Å². The van der Waals surface area contributed by atoms with Crippen molar-refractivity contribution in [1.29, 1.82) is 0 Å². The standard InChI is InChI=1S/C25H20N4O4/c30-24(29-32)21-13-22(19-10-8-18(9-11-19)20-7-4-12-26-15-20)27-23(14-21)28-25(31)33-16-17-5-2-1-3-6-17/h1-15,32H,16H2,(H,29,30)(H,27,28,31). The van der Waals surface area contributed by atoms with E-state index in [1.807, 2.05) is 66.7 Å². The molecule has 2 heterocycles. The largest absolute Gasteiger partial charge is 0.444 e. The number of nitrogens with zero attached hydrogens (tertiary/aromatic N) is 2. The van der Waals surface area contributed by atoms with Crippen molar-refractivity contribution in [3.63, 3.8) is 0 Å². The molecule has 2 aromatic carbocycles. The molecule has 0 spiro atoms. The molecule has 0 aliphatic heterocycles. The molecule has 8 heteroatoms. The predicted octanol–water partition coefficient (Wildman–Crippen LogP) is 4.68. The first-order valence-corrected chi connectivity index (χ1v) is 10.1. The van der Waals surface area contributed by atoms with Crippen LogP contribution in [0.2, 0.25) is 0 Å². The van der Waals surface area contributed by atoms with Gasteiger partial charge in [0.1, 0.15) is 12.4 Å². The molecule has 0 atom stereocenters. The van der Waals surface area contributed by atoms with E-state index in [2.05, 4.69) is 15.3 Å². The zero-order valence-corrected chi connectivity index (χ0v) is 17.4. The van der Waals surface area contributed by atoms with Crippen molar-refractivity contribution in [1.82, 2.24) is 15.4 Å². The van der Waals surface area contributed by atoms with Crippen molar-refractivity contribution < 1.29 is 19.5 Å². The monoisotopic (exact) mass is 440 g/mol. The molecule has 0 bridgehead atoms. The summed E-state index contributed by atoms with van der Waals surface area (Å²) in [5, 5.41) is 11.6. The van der Waals surface area contributed by atoms with Crippen molar-refractivity contribution in [3.8, 4) is 22.4 Å². The Morgan fingerprint density at radius 1 is 0.879 bits per heavy atom. The number of pyridine rings is 2. The Balaban J connectivity index is 1.56. The normalized spacial score (nSPS) is 10.3. The van der Waals surface area contributed by atoms with Crippen LogP contribution in [0.3, 0.4) is 0 Å². The van der Waals surface area contributed by atoms with E-state index < -0.39 is 12.0 Å². The van der Waals surface area contributed by atoms with E-state index in [1.54, 1.807) is 17.9 Å². The Morgan fingerprint density at radius 2 is 1.64 bits per heavy atom. The third-order valence-electron chi connectivity index (χ3n) is 4.81. The number of rotatable bonds is 6. The number of ether oxygens (including phenoxy) is 1. The van der Waals surface area contributed by atoms with Crippen LogP contribution in [-0.4, -0.2) is 27.2 Å². The summed E-state index contributed by atoms with van der Waals surface area (Å²) in [6.45, 7) is 0.0894. The van der Waals surface area contributed by atoms with Crippen molar-refractivity contribution >= 4 is 17.8 Å². The number of carbonyl (C=O) groups excluding carboxylic acids is 2. The average Bonchev–Trinajstić information content (AvgIpc) is 2.88. The Kier molecular flexibility index (Phi) is 6.67. The number of hydrogen-bond acceptors (Lipinski definition) is 6. The van der Waals surface area contributed by atoms with E-state index in [0.29, 0.717) is 5.69 Å². The van der Waals surface area contributed by atoms with Crippen LogP contribution in [0.1, 0.15) is 15.9 Å². The summed E-state index contributed by atoms with van der Waals surface area (Å²) in [6, 6.07) is 23.4. The molecule has 0 saturated heterocycles. The second-order valence-corrected chi connectivity index (χ2v) is 7.07. The molecule has 0 aliphatic carbocycles. The topological polar surface area (TPSA) is 113 Å². The highest BCUT2D eigenvalue weighted by Gasteiger charge is 2.13. The first-order chi connectivity index (χ1) is 16.1. The lowest BCUT2D eigenvalue weighted by Gasteiger charge is -2.11. The molecule has 0 unspecified atom stereocenters. The maximum atomic E-state index is 12.3. The lowest BCUT2D eigenvalue weighted by atomic mass is 10.0. The van der Waals surface area contributed by atoms with E-state index in [-0.39, 0.29) is 18.0 Å². The predicted molar refractivity (Wildman–Crippen MR) is 122 cm³/mol. The highest BCUT2D eigenvalue weighted by molar-refractivity contribution is 5.96. The molecule has 0 saturated carbocycles. The lowest BCUT2D eigenvalue weighted by Crippen LogP contribution is -2.20. The van der Waals surface area contributed by atoms with Gasteiger partial charge in [-0.2, -0.15) is 0 Å². The molecule has 164 valence electrons. The summed E-state index contributed by atoms with van der Waals surface area (Å²) in [7, 11) is 0. The fraction of sp³-hybridized carbons (Fsp3) is 0.0400. The summed E-state index contributed by atoms with van der Waals surface area (Å²) in [4.78, 5) is 32.9. The summed E-state index contributed by atoms with van der Waals surface area (Å²) in [6.07, 6.45) is 2.76. The average molecular weight is 440 g/mol. The smallest absolute Gasteiger partial charge is 0.413 e. The van der Waals surface area contributed by atoms with Crippen LogP contribution in [0.25, 0.3) is 22.4 Å². The fourth-order valence-corrected chi connectivity index (χ4v) is 3.17. The van der Waals surface area contributed by atoms with E-state index in [9.17, 15) is 9.59 Å². The SMILES string of the molecule is O=C(Nc1cc(C(=O)NO)cc(-c2ccc(-c3cccnc3)cc2)n1)OCc1ccccc1. The van der Waals surface area contributed by atoms with Gasteiger partial charge in [0, 0.05) is 23.5 Å². The number of hydroxylamine groups is 1. The minimum absolute atomic E-state index is 0.0894. The van der Waals surface area contributed by atoms with Gasteiger partial charge in [-0.15, -0.1) is 0 Å². The third-order valence-corrected chi connectivity index (χ3v) is 4.81. The molecule has 0 aliphatic rings. The number of nitrogens with one attached hydrogen (secondary N) is 2. The highest BCUT2D eigenvalue weighted by Crippen LogP contribution is 2.25. The molecule has 2 amide bonds. The Hall–Kier alpha value is -4.56. The summed E-state index contributed by atoms with van der Waals surface area (Å²) in [5.74, 6) is -0.619. The number of amides is 2. The van der Waals surface area contributed by atoms with Crippen molar-refractivity contribution in [2.45, 2.75) is 6.61 Å². The first-order valence-electron chi connectivity index (χ1n) is 10.1. The molecule has 4 rings (SSSR count). The van der Waals surface area contributed by atoms with Crippen LogP contribution >= 0.6 is 0 Å². The quantitative estimate of drug-likeness (QED) is 0.296. The van der Waals surface area contributed by atoms with Crippen LogP contribution in [0.15, 0.2) is 91.3 Å². The highest BCUT2D eigenvalue weighted by atomic mass is 16.5. The molecule has 3 N–H and O–H groups in total. The van der Waals surface area contributed by atoms with Crippen molar-refractivity contribution in [3.05, 3.63) is 102 Å². The van der Waals surface area contributed by atoms with Gasteiger partial charge in [-0.3, -0.25) is 20.3 Å². The summed E-state index contributed by atoms with van der Waals surface area (Å²) >= 11 is 0. The van der Waals surface area contributed by atoms with Crippen LogP contribution in [0.4, 0.5) is 10.6 Å². The zero-order valence-electron chi connectivity index (χ0n) is 17.4. The zero-order chi connectivity index (χ0) is 23.0. The van der Waals surface area contributed by atoms with Gasteiger partial charge in [0.15, 0.2) is 0 Å². The minimum atomic E-state index is -0.730. The molecule has 0 radical (unpaired) electrons. The van der Waals surface area contributed by atoms with Crippen LogP contribution in [-0.2, 0) is 11.3 Å². The van der Waals surface area contributed by atoms with Crippen LogP contribution < -0.4 is 10.8 Å². The third kappa shape index (κ3) is 5.57. The molecule has 8 nitrogen and oxygen atoms in total. The molecular weight excluding hydrogens is 420 g/mol. The van der Waals surface area contributed by atoms with Gasteiger partial charge in [-0.25, -0.2) is 15.3 Å². The Labute approximate surface area is 189 Å². The molecular formula is C25H20N4O4. The minimum Gasteiger partial charge on any atom is -0.444 e. The molecule has 0 fully saturated rings. The second-order valence-electron chi connectivity index (χ2n) is 7.07. The summed E-state index contributed by atoms with van der Waals surface area (Å²) < 4.78 is 5.22.